The Balaban J connectivity index is 2.24. The third-order valence-electron chi connectivity index (χ3n) is 3.83. The van der Waals surface area contributed by atoms with Gasteiger partial charge in [0, 0.05) is 42.3 Å². The van der Waals surface area contributed by atoms with Crippen LogP contribution in [0.1, 0.15) is 5.56 Å². The number of H-pyrrole nitrogens is 1. The highest BCUT2D eigenvalue weighted by molar-refractivity contribution is 6.07. The minimum absolute atomic E-state index is 0.0198. The molecule has 110 valence electrons. The van der Waals surface area contributed by atoms with E-state index in [1.165, 1.54) is 0 Å². The van der Waals surface area contributed by atoms with E-state index < -0.39 is 0 Å². The van der Waals surface area contributed by atoms with Crippen LogP contribution in [-0.4, -0.2) is 29.8 Å². The molecule has 3 N–H and O–H groups in total. The number of benzene rings is 1. The topological polar surface area (TPSA) is 73.0 Å². The fourth-order valence-electron chi connectivity index (χ4n) is 2.79. The van der Waals surface area contributed by atoms with Gasteiger partial charge in [-0.1, -0.05) is 0 Å². The summed E-state index contributed by atoms with van der Waals surface area (Å²) in [7, 11) is 1.63. The van der Waals surface area contributed by atoms with Crippen molar-refractivity contribution in [2.45, 2.75) is 13.0 Å². The van der Waals surface area contributed by atoms with Gasteiger partial charge in [-0.3, -0.25) is 4.79 Å². The molecule has 0 spiro atoms. The highest BCUT2D eigenvalue weighted by atomic mass is 16.5. The number of hydrogen-bond donors (Lipinski definition) is 2. The second-order valence-electron chi connectivity index (χ2n) is 5.11. The molecule has 0 aliphatic carbocycles. The van der Waals surface area contributed by atoms with Crippen LogP contribution < -0.4 is 11.3 Å². The number of pyridine rings is 1. The van der Waals surface area contributed by atoms with Crippen LogP contribution in [0.5, 0.6) is 0 Å². The molecule has 0 saturated heterocycles. The maximum Gasteiger partial charge on any atom is 0.258 e. The first kappa shape index (κ1) is 13.9. The second kappa shape index (κ2) is 5.71. The number of aromatic nitrogens is 2. The molecule has 0 aliphatic heterocycles. The summed E-state index contributed by atoms with van der Waals surface area (Å²) in [6, 6.07) is 5.84. The van der Waals surface area contributed by atoms with Crippen molar-refractivity contribution in [1.29, 1.82) is 0 Å². The molecule has 0 atom stereocenters. The van der Waals surface area contributed by atoms with Crippen molar-refractivity contribution in [3.63, 3.8) is 0 Å². The van der Waals surface area contributed by atoms with Gasteiger partial charge < -0.3 is 20.0 Å². The van der Waals surface area contributed by atoms with Crippen molar-refractivity contribution in [1.82, 2.24) is 9.55 Å². The summed E-state index contributed by atoms with van der Waals surface area (Å²) in [4.78, 5) is 15.8. The van der Waals surface area contributed by atoms with Crippen molar-refractivity contribution in [2.24, 2.45) is 5.73 Å². The molecule has 0 unspecified atom stereocenters. The van der Waals surface area contributed by atoms with Gasteiger partial charge in [-0.25, -0.2) is 0 Å². The standard InChI is InChI=1S/C16H19N3O2/c1-21-9-8-19-7-5-12-13(16(19)20)2-3-14-15(12)11(4-6-17)10-18-14/h2-3,5,7,10,18H,4,6,8-9,17H2,1H3. The Morgan fingerprint density at radius 3 is 2.90 bits per heavy atom. The van der Waals surface area contributed by atoms with Gasteiger partial charge in [0.2, 0.25) is 0 Å². The molecule has 21 heavy (non-hydrogen) atoms. The molecule has 3 aromatic rings. The van der Waals surface area contributed by atoms with Gasteiger partial charge in [-0.2, -0.15) is 0 Å². The lowest BCUT2D eigenvalue weighted by atomic mass is 10.0. The fourth-order valence-corrected chi connectivity index (χ4v) is 2.79. The minimum Gasteiger partial charge on any atom is -0.383 e. The van der Waals surface area contributed by atoms with Gasteiger partial charge in [-0.05, 0) is 42.1 Å². The predicted octanol–water partition coefficient (Wildman–Crippen LogP) is 1.63. The maximum atomic E-state index is 12.5. The Kier molecular flexibility index (Phi) is 3.77. The molecule has 0 bridgehead atoms. The zero-order valence-corrected chi connectivity index (χ0v) is 12.1. The molecule has 5 nitrogen and oxygen atoms in total. The molecule has 2 aromatic heterocycles. The van der Waals surface area contributed by atoms with Gasteiger partial charge in [-0.15, -0.1) is 0 Å². The number of hydrogen-bond acceptors (Lipinski definition) is 3. The maximum absolute atomic E-state index is 12.5. The molecule has 2 heterocycles. The quantitative estimate of drug-likeness (QED) is 0.748. The highest BCUT2D eigenvalue weighted by Gasteiger charge is 2.10. The largest absolute Gasteiger partial charge is 0.383 e. The molecule has 0 fully saturated rings. The van der Waals surface area contributed by atoms with E-state index in [9.17, 15) is 4.79 Å². The number of nitrogens with zero attached hydrogens (tertiary/aromatic N) is 1. The monoisotopic (exact) mass is 285 g/mol. The van der Waals surface area contributed by atoms with E-state index in [1.807, 2.05) is 30.6 Å². The van der Waals surface area contributed by atoms with Crippen molar-refractivity contribution < 1.29 is 4.74 Å². The molecule has 0 amide bonds. The average molecular weight is 285 g/mol. The van der Waals surface area contributed by atoms with Crippen LogP contribution >= 0.6 is 0 Å². The molecular weight excluding hydrogens is 266 g/mol. The molecule has 5 heteroatoms. The van der Waals surface area contributed by atoms with Gasteiger partial charge >= 0.3 is 0 Å². The van der Waals surface area contributed by atoms with Crippen molar-refractivity contribution in [3.8, 4) is 0 Å². The summed E-state index contributed by atoms with van der Waals surface area (Å²) in [5, 5.41) is 2.82. The van der Waals surface area contributed by atoms with E-state index in [0.29, 0.717) is 19.7 Å². The molecule has 0 radical (unpaired) electrons. The SMILES string of the molecule is COCCn1ccc2c(ccc3[nH]cc(CCN)c32)c1=O. The lowest BCUT2D eigenvalue weighted by Crippen LogP contribution is -2.21. The van der Waals surface area contributed by atoms with Crippen LogP contribution in [0, 0.1) is 0 Å². The van der Waals surface area contributed by atoms with Crippen LogP contribution in [0.4, 0.5) is 0 Å². The number of aromatic amines is 1. The lowest BCUT2D eigenvalue weighted by molar-refractivity contribution is 0.186. The smallest absolute Gasteiger partial charge is 0.258 e. The van der Waals surface area contributed by atoms with Gasteiger partial charge in [0.05, 0.1) is 6.61 Å². The summed E-state index contributed by atoms with van der Waals surface area (Å²) in [6.45, 7) is 1.68. The first-order valence-electron chi connectivity index (χ1n) is 7.07. The van der Waals surface area contributed by atoms with Crippen molar-refractivity contribution >= 4 is 21.7 Å². The summed E-state index contributed by atoms with van der Waals surface area (Å²) in [6.07, 6.45) is 4.61. The molecule has 3 rings (SSSR count). The van der Waals surface area contributed by atoms with E-state index in [4.69, 9.17) is 10.5 Å². The molecule has 0 saturated carbocycles. The third-order valence-corrected chi connectivity index (χ3v) is 3.83. The second-order valence-corrected chi connectivity index (χ2v) is 5.11. The van der Waals surface area contributed by atoms with Crippen molar-refractivity contribution in [2.75, 3.05) is 20.3 Å². The van der Waals surface area contributed by atoms with Gasteiger partial charge in [0.1, 0.15) is 0 Å². The summed E-state index contributed by atoms with van der Waals surface area (Å²) < 4.78 is 6.73. The lowest BCUT2D eigenvalue weighted by Gasteiger charge is -2.08. The number of rotatable bonds is 5. The molecule has 1 aromatic carbocycles. The number of ether oxygens (including phenoxy) is 1. The zero-order valence-electron chi connectivity index (χ0n) is 12.1. The van der Waals surface area contributed by atoms with Crippen LogP contribution in [0.3, 0.4) is 0 Å². The van der Waals surface area contributed by atoms with Crippen molar-refractivity contribution in [3.05, 3.63) is 46.5 Å². The Morgan fingerprint density at radius 2 is 2.14 bits per heavy atom. The predicted molar refractivity (Wildman–Crippen MR) is 84.7 cm³/mol. The Morgan fingerprint density at radius 1 is 1.29 bits per heavy atom. The van der Waals surface area contributed by atoms with E-state index in [1.54, 1.807) is 11.7 Å². The summed E-state index contributed by atoms with van der Waals surface area (Å²) >= 11 is 0. The Labute approximate surface area is 122 Å². The molecule has 0 aliphatic rings. The first-order chi connectivity index (χ1) is 10.3. The summed E-state index contributed by atoms with van der Waals surface area (Å²) in [5.74, 6) is 0. The Hall–Kier alpha value is -2.11. The fraction of sp³-hybridized carbons (Fsp3) is 0.312. The van der Waals surface area contributed by atoms with Crippen LogP contribution in [-0.2, 0) is 17.7 Å². The van der Waals surface area contributed by atoms with Crippen LogP contribution in [0.15, 0.2) is 35.4 Å². The normalized spacial score (nSPS) is 11.5. The van der Waals surface area contributed by atoms with E-state index in [0.717, 1.165) is 33.7 Å². The number of methoxy groups -OCH3 is 1. The van der Waals surface area contributed by atoms with E-state index in [2.05, 4.69) is 4.98 Å². The van der Waals surface area contributed by atoms with E-state index in [-0.39, 0.29) is 5.56 Å². The molecular formula is C16H19N3O2. The summed E-state index contributed by atoms with van der Waals surface area (Å²) in [5.41, 5.74) is 7.89. The number of fused-ring (bicyclic) bond motifs is 3. The number of nitrogens with one attached hydrogen (secondary N) is 1. The van der Waals surface area contributed by atoms with Crippen LogP contribution in [0.2, 0.25) is 0 Å². The van der Waals surface area contributed by atoms with Gasteiger partial charge in [0.25, 0.3) is 5.56 Å². The number of nitrogens with two attached hydrogens (primary N) is 1. The van der Waals surface area contributed by atoms with Gasteiger partial charge in [0.15, 0.2) is 0 Å². The van der Waals surface area contributed by atoms with Crippen LogP contribution in [0.25, 0.3) is 21.7 Å². The highest BCUT2D eigenvalue weighted by Crippen LogP contribution is 2.26. The first-order valence-corrected chi connectivity index (χ1v) is 7.07. The average Bonchev–Trinajstić information content (AvgIpc) is 2.90. The zero-order chi connectivity index (χ0) is 14.8. The van der Waals surface area contributed by atoms with E-state index >= 15 is 0 Å². The Bertz CT molecular complexity index is 833. The third kappa shape index (κ3) is 2.34. The minimum atomic E-state index is 0.0198.